The van der Waals surface area contributed by atoms with E-state index >= 15 is 0 Å². The van der Waals surface area contributed by atoms with Crippen molar-refractivity contribution < 1.29 is 0 Å². The lowest BCUT2D eigenvalue weighted by Crippen LogP contribution is -2.54. The van der Waals surface area contributed by atoms with Gasteiger partial charge in [-0.3, -0.25) is 4.90 Å². The van der Waals surface area contributed by atoms with Gasteiger partial charge in [0.2, 0.25) is 0 Å². The lowest BCUT2D eigenvalue weighted by molar-refractivity contribution is 0.0809. The standard InChI is InChI=1S/C11H26N2/c1-8(2)13(7)10(9(3)12)11(4,5)6/h8-10H,12H2,1-7H3. The molecule has 0 rings (SSSR count). The molecular weight excluding hydrogens is 160 g/mol. The Morgan fingerprint density at radius 3 is 1.54 bits per heavy atom. The zero-order valence-electron chi connectivity index (χ0n) is 10.3. The molecule has 0 bridgehead atoms. The van der Waals surface area contributed by atoms with Gasteiger partial charge in [0.1, 0.15) is 0 Å². The van der Waals surface area contributed by atoms with Crippen LogP contribution in [0.3, 0.4) is 0 Å². The van der Waals surface area contributed by atoms with E-state index in [0.717, 1.165) is 0 Å². The second kappa shape index (κ2) is 4.43. The van der Waals surface area contributed by atoms with E-state index in [2.05, 4.69) is 53.5 Å². The van der Waals surface area contributed by atoms with E-state index in [-0.39, 0.29) is 11.5 Å². The van der Waals surface area contributed by atoms with Crippen LogP contribution in [-0.2, 0) is 0 Å². The molecule has 0 aromatic carbocycles. The van der Waals surface area contributed by atoms with Crippen molar-refractivity contribution in [2.75, 3.05) is 7.05 Å². The van der Waals surface area contributed by atoms with Crippen LogP contribution in [0.4, 0.5) is 0 Å². The fourth-order valence-corrected chi connectivity index (χ4v) is 2.09. The third kappa shape index (κ3) is 3.65. The smallest absolute Gasteiger partial charge is 0.0292 e. The summed E-state index contributed by atoms with van der Waals surface area (Å²) in [6, 6.07) is 1.20. The molecule has 0 amide bonds. The normalized spacial score (nSPS) is 18.0. The van der Waals surface area contributed by atoms with Crippen LogP contribution >= 0.6 is 0 Å². The van der Waals surface area contributed by atoms with Crippen LogP contribution in [0.5, 0.6) is 0 Å². The Kier molecular flexibility index (Phi) is 4.40. The Balaban J connectivity index is 4.62. The van der Waals surface area contributed by atoms with Gasteiger partial charge in [-0.25, -0.2) is 0 Å². The molecule has 0 aliphatic rings. The quantitative estimate of drug-likeness (QED) is 0.731. The van der Waals surface area contributed by atoms with Gasteiger partial charge in [-0.2, -0.15) is 0 Å². The lowest BCUT2D eigenvalue weighted by atomic mass is 9.81. The maximum atomic E-state index is 6.02. The third-order valence-corrected chi connectivity index (χ3v) is 2.64. The van der Waals surface area contributed by atoms with Gasteiger partial charge in [0, 0.05) is 18.1 Å². The monoisotopic (exact) mass is 186 g/mol. The van der Waals surface area contributed by atoms with E-state index in [1.807, 2.05) is 0 Å². The number of hydrogen-bond acceptors (Lipinski definition) is 2. The zero-order chi connectivity index (χ0) is 10.8. The van der Waals surface area contributed by atoms with Crippen LogP contribution in [0, 0.1) is 5.41 Å². The number of hydrogen-bond donors (Lipinski definition) is 1. The average Bonchev–Trinajstić information content (AvgIpc) is 1.82. The SMILES string of the molecule is CC(N)C(N(C)C(C)C)C(C)(C)C. The Hall–Kier alpha value is -0.0800. The molecule has 0 aromatic rings. The molecule has 2 atom stereocenters. The largest absolute Gasteiger partial charge is 0.327 e. The first-order chi connectivity index (χ1) is 5.68. The van der Waals surface area contributed by atoms with Crippen molar-refractivity contribution in [2.45, 2.75) is 59.7 Å². The van der Waals surface area contributed by atoms with Gasteiger partial charge in [0.25, 0.3) is 0 Å². The van der Waals surface area contributed by atoms with E-state index in [4.69, 9.17) is 5.73 Å². The average molecular weight is 186 g/mol. The van der Waals surface area contributed by atoms with E-state index in [1.54, 1.807) is 0 Å². The summed E-state index contributed by atoms with van der Waals surface area (Å²) in [7, 11) is 2.16. The first kappa shape index (κ1) is 12.9. The molecule has 80 valence electrons. The molecule has 2 nitrogen and oxygen atoms in total. The molecule has 0 aliphatic carbocycles. The van der Waals surface area contributed by atoms with Gasteiger partial charge in [0.15, 0.2) is 0 Å². The summed E-state index contributed by atoms with van der Waals surface area (Å²) in [5.41, 5.74) is 6.26. The molecule has 0 radical (unpaired) electrons. The molecular formula is C11H26N2. The minimum absolute atomic E-state index is 0.215. The summed E-state index contributed by atoms with van der Waals surface area (Å²) in [6.07, 6.45) is 0. The predicted octanol–water partition coefficient (Wildman–Crippen LogP) is 2.09. The Labute approximate surface area is 83.5 Å². The maximum Gasteiger partial charge on any atom is 0.0292 e. The summed E-state index contributed by atoms with van der Waals surface area (Å²) in [5, 5.41) is 0. The van der Waals surface area contributed by atoms with Crippen molar-refractivity contribution >= 4 is 0 Å². The van der Waals surface area contributed by atoms with Gasteiger partial charge in [0.05, 0.1) is 0 Å². The Morgan fingerprint density at radius 2 is 1.46 bits per heavy atom. The minimum atomic E-state index is 0.215. The Bertz CT molecular complexity index is 145. The molecule has 2 N–H and O–H groups in total. The minimum Gasteiger partial charge on any atom is -0.327 e. The van der Waals surface area contributed by atoms with Crippen molar-refractivity contribution in [3.63, 3.8) is 0 Å². The summed E-state index contributed by atoms with van der Waals surface area (Å²) < 4.78 is 0. The second-order valence-electron chi connectivity index (χ2n) is 5.43. The van der Waals surface area contributed by atoms with Gasteiger partial charge < -0.3 is 5.73 Å². The topological polar surface area (TPSA) is 29.3 Å². The molecule has 0 aliphatic heterocycles. The van der Waals surface area contributed by atoms with Crippen LogP contribution in [0.1, 0.15) is 41.5 Å². The molecule has 0 saturated heterocycles. The molecule has 0 fully saturated rings. The van der Waals surface area contributed by atoms with E-state index in [0.29, 0.717) is 12.1 Å². The Morgan fingerprint density at radius 1 is 1.08 bits per heavy atom. The highest BCUT2D eigenvalue weighted by Crippen LogP contribution is 2.26. The van der Waals surface area contributed by atoms with Crippen LogP contribution < -0.4 is 5.73 Å². The van der Waals surface area contributed by atoms with Crippen molar-refractivity contribution in [1.82, 2.24) is 4.90 Å². The lowest BCUT2D eigenvalue weighted by Gasteiger charge is -2.42. The molecule has 0 heterocycles. The van der Waals surface area contributed by atoms with E-state index in [1.165, 1.54) is 0 Å². The van der Waals surface area contributed by atoms with Crippen molar-refractivity contribution in [3.05, 3.63) is 0 Å². The van der Waals surface area contributed by atoms with Gasteiger partial charge in [-0.05, 0) is 33.2 Å². The van der Waals surface area contributed by atoms with Crippen LogP contribution in [0.15, 0.2) is 0 Å². The van der Waals surface area contributed by atoms with Crippen LogP contribution in [0.25, 0.3) is 0 Å². The number of rotatable bonds is 3. The van der Waals surface area contributed by atoms with Crippen molar-refractivity contribution in [1.29, 1.82) is 0 Å². The molecule has 0 spiro atoms. The van der Waals surface area contributed by atoms with Gasteiger partial charge >= 0.3 is 0 Å². The van der Waals surface area contributed by atoms with Crippen LogP contribution in [-0.4, -0.2) is 30.1 Å². The zero-order valence-corrected chi connectivity index (χ0v) is 10.3. The van der Waals surface area contributed by atoms with Crippen molar-refractivity contribution in [2.24, 2.45) is 11.1 Å². The highest BCUT2D eigenvalue weighted by atomic mass is 15.2. The highest BCUT2D eigenvalue weighted by Gasteiger charge is 2.32. The molecule has 13 heavy (non-hydrogen) atoms. The first-order valence-corrected chi connectivity index (χ1v) is 5.15. The van der Waals surface area contributed by atoms with E-state index in [9.17, 15) is 0 Å². The summed E-state index contributed by atoms with van der Waals surface area (Å²) >= 11 is 0. The highest BCUT2D eigenvalue weighted by molar-refractivity contribution is 4.88. The molecule has 2 unspecified atom stereocenters. The fraction of sp³-hybridized carbons (Fsp3) is 1.00. The summed E-state index contributed by atoms with van der Waals surface area (Å²) in [5.74, 6) is 0. The second-order valence-corrected chi connectivity index (χ2v) is 5.43. The van der Waals surface area contributed by atoms with Crippen LogP contribution in [0.2, 0.25) is 0 Å². The van der Waals surface area contributed by atoms with E-state index < -0.39 is 0 Å². The number of likely N-dealkylation sites (N-methyl/N-ethyl adjacent to an activating group) is 1. The molecule has 0 aromatic heterocycles. The molecule has 2 heteroatoms. The first-order valence-electron chi connectivity index (χ1n) is 5.15. The summed E-state index contributed by atoms with van der Waals surface area (Å²) in [6.45, 7) is 13.3. The summed E-state index contributed by atoms with van der Waals surface area (Å²) in [4.78, 5) is 2.37. The van der Waals surface area contributed by atoms with Gasteiger partial charge in [-0.15, -0.1) is 0 Å². The number of nitrogens with two attached hydrogens (primary N) is 1. The van der Waals surface area contributed by atoms with Gasteiger partial charge in [-0.1, -0.05) is 20.8 Å². The number of nitrogens with zero attached hydrogens (tertiary/aromatic N) is 1. The fourth-order valence-electron chi connectivity index (χ4n) is 2.09. The van der Waals surface area contributed by atoms with Crippen molar-refractivity contribution in [3.8, 4) is 0 Å². The predicted molar refractivity (Wildman–Crippen MR) is 59.8 cm³/mol. The molecule has 0 saturated carbocycles. The maximum absolute atomic E-state index is 6.02. The third-order valence-electron chi connectivity index (χ3n) is 2.64.